The van der Waals surface area contributed by atoms with Gasteiger partial charge in [-0.3, -0.25) is 0 Å². The van der Waals surface area contributed by atoms with E-state index in [0.29, 0.717) is 0 Å². The largest absolute Gasteiger partial charge is 0.471 e. The van der Waals surface area contributed by atoms with Crippen molar-refractivity contribution in [1.29, 1.82) is 0 Å². The van der Waals surface area contributed by atoms with E-state index in [-0.39, 0.29) is 6.73 Å². The lowest BCUT2D eigenvalue weighted by molar-refractivity contribution is 0.209. The van der Waals surface area contributed by atoms with Gasteiger partial charge in [-0.15, -0.1) is 5.10 Å². The summed E-state index contributed by atoms with van der Waals surface area (Å²) in [6, 6.07) is 7.69. The lowest BCUT2D eigenvalue weighted by Crippen LogP contribution is -2.19. The number of benzene rings is 1. The fourth-order valence-corrected chi connectivity index (χ4v) is 1.39. The molecule has 1 heterocycles. The molecule has 0 saturated carbocycles. The zero-order valence-corrected chi connectivity index (χ0v) is 8.92. The van der Waals surface area contributed by atoms with Gasteiger partial charge in [0, 0.05) is 0 Å². The van der Waals surface area contributed by atoms with Crippen LogP contribution in [0.25, 0.3) is 0 Å². The Labute approximate surface area is 92.3 Å². The van der Waals surface area contributed by atoms with Crippen molar-refractivity contribution in [3.05, 3.63) is 46.8 Å². The van der Waals surface area contributed by atoms with Crippen molar-refractivity contribution in [2.24, 2.45) is 0 Å². The van der Waals surface area contributed by atoms with Crippen LogP contribution in [0, 0.1) is 0 Å². The van der Waals surface area contributed by atoms with Crippen molar-refractivity contribution in [1.82, 2.24) is 9.78 Å². The van der Waals surface area contributed by atoms with Gasteiger partial charge in [-0.1, -0.05) is 25.1 Å². The first-order valence-electron chi connectivity index (χ1n) is 5.02. The molecule has 0 aliphatic carbocycles. The predicted molar refractivity (Wildman–Crippen MR) is 57.2 cm³/mol. The molecule has 2 aromatic rings. The summed E-state index contributed by atoms with van der Waals surface area (Å²) >= 11 is 0. The van der Waals surface area contributed by atoms with Gasteiger partial charge < -0.3 is 9.15 Å². The summed E-state index contributed by atoms with van der Waals surface area (Å²) in [5, 5.41) is 3.70. The first-order chi connectivity index (χ1) is 7.81. The number of nitrogens with zero attached hydrogens (tertiary/aromatic N) is 2. The molecular weight excluding hydrogens is 208 g/mol. The van der Waals surface area contributed by atoms with Crippen LogP contribution in [0.3, 0.4) is 0 Å². The number of hydrogen-bond donors (Lipinski definition) is 0. The van der Waals surface area contributed by atoms with Gasteiger partial charge in [-0.25, -0.2) is 4.79 Å². The highest BCUT2D eigenvalue weighted by Gasteiger charge is 2.03. The Kier molecular flexibility index (Phi) is 3.05. The van der Waals surface area contributed by atoms with E-state index in [0.717, 1.165) is 28.8 Å². The fraction of sp³-hybridized carbons (Fsp3) is 0.273. The standard InChI is InChI=1S/C11H12N2O3/c1-2-9-5-3-4-6-10(9)16-8-13-11(14)15-7-12-13/h3-7H,2,8H2,1H3. The average molecular weight is 220 g/mol. The Morgan fingerprint density at radius 2 is 2.25 bits per heavy atom. The van der Waals surface area contributed by atoms with Crippen molar-refractivity contribution in [3.63, 3.8) is 0 Å². The van der Waals surface area contributed by atoms with E-state index in [4.69, 9.17) is 4.74 Å². The highest BCUT2D eigenvalue weighted by atomic mass is 16.5. The molecule has 0 saturated heterocycles. The van der Waals surface area contributed by atoms with Gasteiger partial charge in [0.1, 0.15) is 5.75 Å². The summed E-state index contributed by atoms with van der Waals surface area (Å²) in [4.78, 5) is 11.0. The van der Waals surface area contributed by atoms with Gasteiger partial charge in [0.05, 0.1) is 0 Å². The van der Waals surface area contributed by atoms with Crippen molar-refractivity contribution in [3.8, 4) is 5.75 Å². The van der Waals surface area contributed by atoms with Gasteiger partial charge in [0.15, 0.2) is 6.73 Å². The highest BCUT2D eigenvalue weighted by molar-refractivity contribution is 5.32. The monoisotopic (exact) mass is 220 g/mol. The first-order valence-corrected chi connectivity index (χ1v) is 5.02. The fourth-order valence-electron chi connectivity index (χ4n) is 1.39. The molecule has 0 aliphatic heterocycles. The van der Waals surface area contributed by atoms with E-state index in [1.165, 1.54) is 0 Å². The molecule has 2 rings (SSSR count). The molecule has 5 nitrogen and oxygen atoms in total. The maximum atomic E-state index is 11.0. The first kappa shape index (κ1) is 10.5. The molecule has 0 fully saturated rings. The molecule has 0 aliphatic rings. The Morgan fingerprint density at radius 1 is 1.44 bits per heavy atom. The van der Waals surface area contributed by atoms with Crippen LogP contribution in [0.2, 0.25) is 0 Å². The summed E-state index contributed by atoms with van der Waals surface area (Å²) in [5.74, 6) is 0.244. The normalized spacial score (nSPS) is 10.3. The molecule has 16 heavy (non-hydrogen) atoms. The smallest absolute Gasteiger partial charge is 0.440 e. The molecule has 0 atom stereocenters. The van der Waals surface area contributed by atoms with Crippen LogP contribution >= 0.6 is 0 Å². The summed E-state index contributed by atoms with van der Waals surface area (Å²) in [6.45, 7) is 2.11. The van der Waals surface area contributed by atoms with Gasteiger partial charge in [0.25, 0.3) is 0 Å². The maximum absolute atomic E-state index is 11.0. The molecule has 0 N–H and O–H groups in total. The molecular formula is C11H12N2O3. The number of aryl methyl sites for hydroxylation is 1. The lowest BCUT2D eigenvalue weighted by Gasteiger charge is -2.08. The molecule has 0 spiro atoms. The zero-order valence-electron chi connectivity index (χ0n) is 8.92. The predicted octanol–water partition coefficient (Wildman–Crippen LogP) is 1.44. The highest BCUT2D eigenvalue weighted by Crippen LogP contribution is 2.18. The summed E-state index contributed by atoms with van der Waals surface area (Å²) in [6.07, 6.45) is 1.97. The summed E-state index contributed by atoms with van der Waals surface area (Å²) in [7, 11) is 0. The molecule has 5 heteroatoms. The van der Waals surface area contributed by atoms with Crippen LogP contribution in [0.15, 0.2) is 39.9 Å². The van der Waals surface area contributed by atoms with Crippen molar-refractivity contribution >= 4 is 0 Å². The number of ether oxygens (including phenoxy) is 1. The van der Waals surface area contributed by atoms with Crippen LogP contribution in [0.1, 0.15) is 12.5 Å². The third-order valence-corrected chi connectivity index (χ3v) is 2.25. The lowest BCUT2D eigenvalue weighted by atomic mass is 10.1. The van der Waals surface area contributed by atoms with E-state index < -0.39 is 5.76 Å². The molecule has 1 aromatic heterocycles. The Morgan fingerprint density at radius 3 is 2.94 bits per heavy atom. The number of hydrogen-bond acceptors (Lipinski definition) is 4. The summed E-state index contributed by atoms with van der Waals surface area (Å²) < 4.78 is 11.1. The second-order valence-corrected chi connectivity index (χ2v) is 3.24. The Balaban J connectivity index is 2.10. The van der Waals surface area contributed by atoms with E-state index in [1.54, 1.807) is 0 Å². The van der Waals surface area contributed by atoms with Crippen molar-refractivity contribution in [2.75, 3.05) is 0 Å². The molecule has 0 amide bonds. The quantitative estimate of drug-likeness (QED) is 0.782. The van der Waals surface area contributed by atoms with Gasteiger partial charge in [-0.05, 0) is 18.1 Å². The SMILES string of the molecule is CCc1ccccc1OCn1ncoc1=O. The number of rotatable bonds is 4. The average Bonchev–Trinajstić information content (AvgIpc) is 2.72. The van der Waals surface area contributed by atoms with E-state index in [9.17, 15) is 4.79 Å². The Bertz CT molecular complexity index is 516. The molecule has 0 bridgehead atoms. The number of aromatic nitrogens is 2. The van der Waals surface area contributed by atoms with Crippen molar-refractivity contribution in [2.45, 2.75) is 20.1 Å². The topological polar surface area (TPSA) is 57.3 Å². The van der Waals surface area contributed by atoms with E-state index >= 15 is 0 Å². The minimum Gasteiger partial charge on any atom is -0.471 e. The third kappa shape index (κ3) is 2.13. The van der Waals surface area contributed by atoms with Crippen LogP contribution in [-0.4, -0.2) is 9.78 Å². The van der Waals surface area contributed by atoms with Crippen LogP contribution < -0.4 is 10.5 Å². The molecule has 0 radical (unpaired) electrons. The van der Waals surface area contributed by atoms with Crippen LogP contribution in [0.4, 0.5) is 0 Å². The molecule has 84 valence electrons. The molecule has 1 aromatic carbocycles. The van der Waals surface area contributed by atoms with E-state index in [2.05, 4.69) is 9.52 Å². The van der Waals surface area contributed by atoms with Gasteiger partial charge in [0.2, 0.25) is 6.39 Å². The second kappa shape index (κ2) is 4.65. The second-order valence-electron chi connectivity index (χ2n) is 3.24. The minimum atomic E-state index is -0.519. The van der Waals surface area contributed by atoms with Gasteiger partial charge in [-0.2, -0.15) is 4.68 Å². The summed E-state index contributed by atoms with van der Waals surface area (Å²) in [5.41, 5.74) is 1.10. The maximum Gasteiger partial charge on any atom is 0.440 e. The van der Waals surface area contributed by atoms with Gasteiger partial charge >= 0.3 is 5.76 Å². The number of para-hydroxylation sites is 1. The molecule has 0 unspecified atom stereocenters. The third-order valence-electron chi connectivity index (χ3n) is 2.25. The van der Waals surface area contributed by atoms with Crippen molar-refractivity contribution < 1.29 is 9.15 Å². The van der Waals surface area contributed by atoms with Crippen LogP contribution in [0.5, 0.6) is 5.75 Å². The van der Waals surface area contributed by atoms with E-state index in [1.807, 2.05) is 31.2 Å². The Hall–Kier alpha value is -2.04. The minimum absolute atomic E-state index is 0.0619. The van der Waals surface area contributed by atoms with Crippen LogP contribution in [-0.2, 0) is 13.2 Å². The zero-order chi connectivity index (χ0) is 11.4.